The molecule has 0 aliphatic rings. The standard InChI is InChI=1S/C16H15BrF4N4O4/c1-4-29-24(3)14(27)22-10-6-11(9(18)5-8(10)17)25-13(26)7-12(16(19,20)21)23(2)15(25)28/h5-7H,4H2,1-3H3,(H,22,27). The maximum atomic E-state index is 14.5. The van der Waals surface area contributed by atoms with E-state index in [4.69, 9.17) is 4.84 Å². The minimum atomic E-state index is -4.95. The number of urea groups is 1. The van der Waals surface area contributed by atoms with Crippen molar-refractivity contribution in [1.29, 1.82) is 0 Å². The summed E-state index contributed by atoms with van der Waals surface area (Å²) in [5.74, 6) is -1.08. The lowest BCUT2D eigenvalue weighted by Crippen LogP contribution is -2.41. The first-order chi connectivity index (χ1) is 13.4. The Kier molecular flexibility index (Phi) is 6.53. The van der Waals surface area contributed by atoms with Gasteiger partial charge < -0.3 is 5.32 Å². The summed E-state index contributed by atoms with van der Waals surface area (Å²) in [4.78, 5) is 41.5. The van der Waals surface area contributed by atoms with E-state index in [2.05, 4.69) is 21.2 Å². The quantitative estimate of drug-likeness (QED) is 0.536. The third-order valence-electron chi connectivity index (χ3n) is 3.74. The highest BCUT2D eigenvalue weighted by molar-refractivity contribution is 9.10. The van der Waals surface area contributed by atoms with Gasteiger partial charge in [0.05, 0.1) is 18.0 Å². The Labute approximate surface area is 169 Å². The van der Waals surface area contributed by atoms with Gasteiger partial charge in [0.25, 0.3) is 5.56 Å². The van der Waals surface area contributed by atoms with E-state index in [1.54, 1.807) is 6.92 Å². The number of rotatable bonds is 4. The maximum absolute atomic E-state index is 14.5. The van der Waals surface area contributed by atoms with Gasteiger partial charge in [-0.2, -0.15) is 13.2 Å². The molecule has 8 nitrogen and oxygen atoms in total. The minimum Gasteiger partial charge on any atom is -0.305 e. The number of benzene rings is 1. The van der Waals surface area contributed by atoms with Gasteiger partial charge >= 0.3 is 17.9 Å². The minimum absolute atomic E-state index is 0.0493. The van der Waals surface area contributed by atoms with Crippen LogP contribution >= 0.6 is 15.9 Å². The molecule has 0 bridgehead atoms. The molecule has 1 N–H and O–H groups in total. The van der Waals surface area contributed by atoms with Crippen LogP contribution in [0.15, 0.2) is 32.3 Å². The lowest BCUT2D eigenvalue weighted by Gasteiger charge is -2.18. The van der Waals surface area contributed by atoms with Crippen LogP contribution in [0.3, 0.4) is 0 Å². The summed E-state index contributed by atoms with van der Waals surface area (Å²) in [6.45, 7) is 1.83. The first kappa shape index (κ1) is 22.6. The number of anilines is 1. The SMILES string of the molecule is CCON(C)C(=O)Nc1cc(-n2c(=O)cc(C(F)(F)F)n(C)c2=O)c(F)cc1Br. The number of hydroxylamine groups is 2. The molecule has 1 aromatic carbocycles. The second-order valence-corrected chi connectivity index (χ2v) is 6.53. The molecule has 0 fully saturated rings. The molecule has 0 saturated heterocycles. The molecular formula is C16H15BrF4N4O4. The van der Waals surface area contributed by atoms with Gasteiger partial charge in [0, 0.05) is 24.6 Å². The van der Waals surface area contributed by atoms with Crippen LogP contribution in [0.5, 0.6) is 0 Å². The number of aromatic nitrogens is 2. The van der Waals surface area contributed by atoms with Crippen LogP contribution in [0.2, 0.25) is 0 Å². The van der Waals surface area contributed by atoms with E-state index in [0.29, 0.717) is 0 Å². The van der Waals surface area contributed by atoms with Crippen LogP contribution < -0.4 is 16.6 Å². The van der Waals surface area contributed by atoms with Crippen LogP contribution in [-0.2, 0) is 18.1 Å². The van der Waals surface area contributed by atoms with Crippen molar-refractivity contribution >= 4 is 27.6 Å². The van der Waals surface area contributed by atoms with E-state index in [9.17, 15) is 31.9 Å². The third-order valence-corrected chi connectivity index (χ3v) is 4.39. The molecule has 2 rings (SSSR count). The Balaban J connectivity index is 2.62. The Morgan fingerprint density at radius 1 is 1.28 bits per heavy atom. The Morgan fingerprint density at radius 2 is 1.90 bits per heavy atom. The highest BCUT2D eigenvalue weighted by atomic mass is 79.9. The zero-order chi connectivity index (χ0) is 22.1. The molecule has 29 heavy (non-hydrogen) atoms. The Morgan fingerprint density at radius 3 is 2.45 bits per heavy atom. The van der Waals surface area contributed by atoms with Crippen molar-refractivity contribution in [3.8, 4) is 5.69 Å². The van der Waals surface area contributed by atoms with Crippen LogP contribution in [0.1, 0.15) is 12.6 Å². The molecule has 0 saturated carbocycles. The summed E-state index contributed by atoms with van der Waals surface area (Å²) >= 11 is 3.03. The van der Waals surface area contributed by atoms with Gasteiger partial charge in [-0.15, -0.1) is 0 Å². The number of halogens is 5. The van der Waals surface area contributed by atoms with Crippen LogP contribution in [0.25, 0.3) is 5.69 Å². The predicted molar refractivity (Wildman–Crippen MR) is 98.3 cm³/mol. The summed E-state index contributed by atoms with van der Waals surface area (Å²) < 4.78 is 53.8. The molecule has 0 spiro atoms. The number of hydrogen-bond donors (Lipinski definition) is 1. The molecule has 13 heteroatoms. The topological polar surface area (TPSA) is 85.6 Å². The van der Waals surface area contributed by atoms with E-state index in [-0.39, 0.29) is 32.0 Å². The average molecular weight is 483 g/mol. The van der Waals surface area contributed by atoms with E-state index in [1.165, 1.54) is 7.05 Å². The Bertz CT molecular complexity index is 1060. The molecule has 158 valence electrons. The van der Waals surface area contributed by atoms with Crippen molar-refractivity contribution in [2.45, 2.75) is 13.1 Å². The monoisotopic (exact) mass is 482 g/mol. The van der Waals surface area contributed by atoms with Gasteiger partial charge in [-0.25, -0.2) is 23.6 Å². The average Bonchev–Trinajstić information content (AvgIpc) is 2.60. The normalized spacial score (nSPS) is 11.4. The maximum Gasteiger partial charge on any atom is 0.431 e. The van der Waals surface area contributed by atoms with E-state index < -0.39 is 40.7 Å². The lowest BCUT2D eigenvalue weighted by atomic mass is 10.2. The summed E-state index contributed by atoms with van der Waals surface area (Å²) in [6.07, 6.45) is -4.95. The molecule has 0 aliphatic heterocycles. The molecule has 0 atom stereocenters. The van der Waals surface area contributed by atoms with Crippen molar-refractivity contribution in [2.24, 2.45) is 7.05 Å². The number of carbonyl (C=O) groups excluding carboxylic acids is 1. The molecule has 1 aromatic heterocycles. The number of nitrogens with zero attached hydrogens (tertiary/aromatic N) is 3. The second-order valence-electron chi connectivity index (χ2n) is 5.67. The van der Waals surface area contributed by atoms with E-state index in [0.717, 1.165) is 24.2 Å². The molecule has 0 unspecified atom stereocenters. The largest absolute Gasteiger partial charge is 0.431 e. The number of hydrogen-bond acceptors (Lipinski definition) is 4. The number of carbonyl (C=O) groups is 1. The first-order valence-electron chi connectivity index (χ1n) is 7.95. The fraction of sp³-hybridized carbons (Fsp3) is 0.312. The van der Waals surface area contributed by atoms with Gasteiger partial charge in [0.2, 0.25) is 0 Å². The van der Waals surface area contributed by atoms with Crippen molar-refractivity contribution in [3.63, 3.8) is 0 Å². The van der Waals surface area contributed by atoms with Crippen molar-refractivity contribution in [3.05, 3.63) is 55.0 Å². The summed E-state index contributed by atoms with van der Waals surface area (Å²) in [6, 6.07) is 1.23. The second kappa shape index (κ2) is 8.37. The highest BCUT2D eigenvalue weighted by Crippen LogP contribution is 2.29. The van der Waals surface area contributed by atoms with Crippen LogP contribution in [-0.4, -0.2) is 33.9 Å². The van der Waals surface area contributed by atoms with Crippen molar-refractivity contribution < 1.29 is 27.2 Å². The van der Waals surface area contributed by atoms with Gasteiger partial charge in [-0.05, 0) is 35.0 Å². The van der Waals surface area contributed by atoms with Gasteiger partial charge in [0.1, 0.15) is 11.5 Å². The molecular weight excluding hydrogens is 468 g/mol. The number of nitrogens with one attached hydrogen (secondary N) is 1. The number of amides is 2. The fourth-order valence-electron chi connectivity index (χ4n) is 2.37. The van der Waals surface area contributed by atoms with Crippen LogP contribution in [0.4, 0.5) is 28.0 Å². The van der Waals surface area contributed by atoms with Crippen molar-refractivity contribution in [1.82, 2.24) is 14.2 Å². The Hall–Kier alpha value is -2.67. The summed E-state index contributed by atoms with van der Waals surface area (Å²) in [7, 11) is 2.12. The molecule has 2 amide bonds. The van der Waals surface area contributed by atoms with Gasteiger partial charge in [-0.3, -0.25) is 14.2 Å². The third kappa shape index (κ3) is 4.67. The number of alkyl halides is 3. The predicted octanol–water partition coefficient (Wildman–Crippen LogP) is 2.87. The fourth-order valence-corrected chi connectivity index (χ4v) is 2.78. The smallest absolute Gasteiger partial charge is 0.305 e. The van der Waals surface area contributed by atoms with E-state index >= 15 is 0 Å². The van der Waals surface area contributed by atoms with E-state index in [1.807, 2.05) is 0 Å². The van der Waals surface area contributed by atoms with Gasteiger partial charge in [-0.1, -0.05) is 0 Å². The zero-order valence-corrected chi connectivity index (χ0v) is 16.9. The summed E-state index contributed by atoms with van der Waals surface area (Å²) in [5.41, 5.74) is -4.96. The first-order valence-corrected chi connectivity index (χ1v) is 8.75. The highest BCUT2D eigenvalue weighted by Gasteiger charge is 2.35. The summed E-state index contributed by atoms with van der Waals surface area (Å²) in [5, 5.41) is 3.23. The molecule has 0 radical (unpaired) electrons. The molecule has 0 aliphatic carbocycles. The van der Waals surface area contributed by atoms with Gasteiger partial charge in [0.15, 0.2) is 0 Å². The van der Waals surface area contributed by atoms with Crippen molar-refractivity contribution in [2.75, 3.05) is 19.0 Å². The molecule has 1 heterocycles. The molecule has 2 aromatic rings. The lowest BCUT2D eigenvalue weighted by molar-refractivity contribution is -0.144. The van der Waals surface area contributed by atoms with Crippen LogP contribution in [0, 0.1) is 5.82 Å². The zero-order valence-electron chi connectivity index (χ0n) is 15.3.